The van der Waals surface area contributed by atoms with E-state index in [1.807, 2.05) is 37.3 Å². The molecule has 2 aliphatic carbocycles. The Bertz CT molecular complexity index is 1460. The van der Waals surface area contributed by atoms with Crippen molar-refractivity contribution in [1.82, 2.24) is 9.88 Å². The molecule has 2 aromatic heterocycles. The Kier molecular flexibility index (Phi) is 5.10. The van der Waals surface area contributed by atoms with E-state index in [-0.39, 0.29) is 69.9 Å². The van der Waals surface area contributed by atoms with Crippen LogP contribution < -0.4 is 10.2 Å². The molecule has 0 spiro atoms. The maximum absolute atomic E-state index is 13.6. The minimum absolute atomic E-state index is 0.0560. The summed E-state index contributed by atoms with van der Waals surface area (Å²) in [6.45, 7) is 1.65. The van der Waals surface area contributed by atoms with Gasteiger partial charge in [-0.2, -0.15) is 0 Å². The average Bonchev–Trinajstić information content (AvgIpc) is 3.66. The van der Waals surface area contributed by atoms with Gasteiger partial charge in [0.2, 0.25) is 17.7 Å². The molecule has 2 bridgehead atoms. The van der Waals surface area contributed by atoms with E-state index in [0.29, 0.717) is 5.69 Å². The zero-order valence-electron chi connectivity index (χ0n) is 19.3. The van der Waals surface area contributed by atoms with Gasteiger partial charge in [-0.1, -0.05) is 35.6 Å². The van der Waals surface area contributed by atoms with Crippen LogP contribution in [0.1, 0.15) is 27.7 Å². The molecule has 7 atom stereocenters. The van der Waals surface area contributed by atoms with E-state index in [4.69, 9.17) is 0 Å². The molecule has 1 saturated heterocycles. The standard InChI is InChI=1S/C26H23N3O4S3/c1-11-5-2-3-6-14(11)27-16(30)10-29-24(31)18-12-9-13(19(18)25(29)32)21-17(12)20(15-7-4-8-34-15)22-23(35-21)28-26(33)36-22/h2-8,12-13,17-21H,9-10H2,1H3,(H,27,30)(H,28,33)/t12?,13?,17?,18?,19?,20-,21?/m1/s1. The van der Waals surface area contributed by atoms with Gasteiger partial charge in [-0.05, 0) is 54.2 Å². The van der Waals surface area contributed by atoms with Crippen LogP contribution in [-0.2, 0) is 14.4 Å². The Morgan fingerprint density at radius 3 is 2.61 bits per heavy atom. The van der Waals surface area contributed by atoms with Crippen molar-refractivity contribution in [2.24, 2.45) is 29.6 Å². The van der Waals surface area contributed by atoms with Crippen LogP contribution in [0.25, 0.3) is 0 Å². The number of carbonyl (C=O) groups excluding carboxylic acids is 3. The number of carbonyl (C=O) groups is 3. The predicted octanol–water partition coefficient (Wildman–Crippen LogP) is 3.92. The van der Waals surface area contributed by atoms with Gasteiger partial charge in [-0.15, -0.1) is 23.1 Å². The van der Waals surface area contributed by atoms with Crippen LogP contribution in [0, 0.1) is 36.5 Å². The summed E-state index contributed by atoms with van der Waals surface area (Å²) >= 11 is 4.63. The smallest absolute Gasteiger partial charge is 0.305 e. The number of thiophene rings is 1. The van der Waals surface area contributed by atoms with Crippen LogP contribution >= 0.6 is 34.4 Å². The number of amides is 3. The Balaban J connectivity index is 1.19. The van der Waals surface area contributed by atoms with E-state index >= 15 is 0 Å². The summed E-state index contributed by atoms with van der Waals surface area (Å²) in [5, 5.41) is 5.98. The van der Waals surface area contributed by atoms with Gasteiger partial charge in [0.05, 0.1) is 16.9 Å². The fourth-order valence-electron chi connectivity index (χ4n) is 7.07. The minimum Gasteiger partial charge on any atom is -0.324 e. The molecule has 4 heterocycles. The number of anilines is 1. The molecular formula is C26H23N3O4S3. The van der Waals surface area contributed by atoms with Crippen LogP contribution in [0.2, 0.25) is 0 Å². The first-order valence-electron chi connectivity index (χ1n) is 12.1. The number of aromatic amines is 1. The van der Waals surface area contributed by atoms with E-state index in [1.54, 1.807) is 23.1 Å². The number of thioether (sulfide) groups is 1. The average molecular weight is 538 g/mol. The number of H-pyrrole nitrogens is 1. The van der Waals surface area contributed by atoms with Crippen molar-refractivity contribution in [1.29, 1.82) is 0 Å². The number of hydrogen-bond donors (Lipinski definition) is 2. The summed E-state index contributed by atoms with van der Waals surface area (Å²) in [7, 11) is 0. The number of likely N-dealkylation sites (tertiary alicyclic amines) is 1. The second-order valence-electron chi connectivity index (χ2n) is 10.1. The van der Waals surface area contributed by atoms with Crippen LogP contribution in [0.15, 0.2) is 51.6 Å². The number of fused-ring (bicyclic) bond motifs is 9. The van der Waals surface area contributed by atoms with E-state index in [9.17, 15) is 19.2 Å². The molecule has 7 nitrogen and oxygen atoms in total. The first-order chi connectivity index (χ1) is 17.4. The van der Waals surface area contributed by atoms with Crippen molar-refractivity contribution in [3.63, 3.8) is 0 Å². The molecule has 184 valence electrons. The van der Waals surface area contributed by atoms with Crippen LogP contribution in [0.4, 0.5) is 5.69 Å². The number of benzene rings is 1. The number of rotatable bonds is 4. The largest absolute Gasteiger partial charge is 0.324 e. The number of thiazole rings is 1. The summed E-state index contributed by atoms with van der Waals surface area (Å²) in [5.74, 6) is -1.16. The highest BCUT2D eigenvalue weighted by atomic mass is 32.2. The summed E-state index contributed by atoms with van der Waals surface area (Å²) in [6, 6.07) is 11.6. The summed E-state index contributed by atoms with van der Waals surface area (Å²) < 4.78 is 0. The van der Waals surface area contributed by atoms with E-state index < -0.39 is 0 Å². The Morgan fingerprint density at radius 2 is 1.86 bits per heavy atom. The predicted molar refractivity (Wildman–Crippen MR) is 139 cm³/mol. The van der Waals surface area contributed by atoms with Crippen molar-refractivity contribution >= 4 is 57.8 Å². The van der Waals surface area contributed by atoms with Crippen LogP contribution in [0.3, 0.4) is 0 Å². The molecule has 6 unspecified atom stereocenters. The lowest BCUT2D eigenvalue weighted by Gasteiger charge is -2.42. The van der Waals surface area contributed by atoms with Gasteiger partial charge in [0.15, 0.2) is 0 Å². The number of aryl methyl sites for hydroxylation is 1. The minimum atomic E-state index is -0.379. The molecule has 0 radical (unpaired) electrons. The summed E-state index contributed by atoms with van der Waals surface area (Å²) in [4.78, 5) is 58.7. The maximum Gasteiger partial charge on any atom is 0.305 e. The first kappa shape index (κ1) is 22.5. The zero-order chi connectivity index (χ0) is 24.7. The van der Waals surface area contributed by atoms with Crippen LogP contribution in [0.5, 0.6) is 0 Å². The van der Waals surface area contributed by atoms with Gasteiger partial charge in [-0.3, -0.25) is 24.1 Å². The van der Waals surface area contributed by atoms with Crippen molar-refractivity contribution in [3.8, 4) is 0 Å². The van der Waals surface area contributed by atoms with Crippen molar-refractivity contribution in [2.75, 3.05) is 11.9 Å². The lowest BCUT2D eigenvalue weighted by Crippen LogP contribution is -2.42. The first-order valence-corrected chi connectivity index (χ1v) is 14.6. The third-order valence-electron chi connectivity index (χ3n) is 8.39. The van der Waals surface area contributed by atoms with Gasteiger partial charge >= 0.3 is 4.87 Å². The second kappa shape index (κ2) is 8.16. The monoisotopic (exact) mass is 537 g/mol. The third-order valence-corrected chi connectivity index (χ3v) is 11.9. The highest BCUT2D eigenvalue weighted by molar-refractivity contribution is 8.00. The van der Waals surface area contributed by atoms with Crippen molar-refractivity contribution in [2.45, 2.75) is 29.5 Å². The molecule has 10 heteroatoms. The lowest BCUT2D eigenvalue weighted by atomic mass is 9.69. The van der Waals surface area contributed by atoms with Crippen molar-refractivity contribution < 1.29 is 14.4 Å². The quantitative estimate of drug-likeness (QED) is 0.492. The molecule has 36 heavy (non-hydrogen) atoms. The molecule has 2 aliphatic heterocycles. The molecule has 4 aliphatic rings. The molecule has 7 rings (SSSR count). The molecule has 3 aromatic rings. The topological polar surface area (TPSA) is 99.3 Å². The highest BCUT2D eigenvalue weighted by Gasteiger charge is 2.69. The molecule has 1 aromatic carbocycles. The molecule has 3 amide bonds. The number of para-hydroxylation sites is 1. The Labute approximate surface area is 219 Å². The second-order valence-corrected chi connectivity index (χ2v) is 13.3. The lowest BCUT2D eigenvalue weighted by molar-refractivity contribution is -0.143. The van der Waals surface area contributed by atoms with Crippen molar-refractivity contribution in [3.05, 3.63) is 66.8 Å². The number of nitrogens with one attached hydrogen (secondary N) is 2. The van der Waals surface area contributed by atoms with Gasteiger partial charge in [0.1, 0.15) is 6.54 Å². The Hall–Kier alpha value is -2.69. The fourth-order valence-corrected chi connectivity index (χ4v) is 10.9. The molecular weight excluding hydrogens is 515 g/mol. The van der Waals surface area contributed by atoms with E-state index in [0.717, 1.165) is 21.9 Å². The van der Waals surface area contributed by atoms with E-state index in [1.165, 1.54) is 21.1 Å². The maximum atomic E-state index is 13.6. The Morgan fingerprint density at radius 1 is 1.08 bits per heavy atom. The van der Waals surface area contributed by atoms with Crippen LogP contribution in [-0.4, -0.2) is 39.4 Å². The van der Waals surface area contributed by atoms with E-state index in [2.05, 4.69) is 21.7 Å². The summed E-state index contributed by atoms with van der Waals surface area (Å²) in [6.07, 6.45) is 0.847. The van der Waals surface area contributed by atoms with Gasteiger partial charge in [-0.25, -0.2) is 0 Å². The SMILES string of the molecule is Cc1ccccc1NC(=O)CN1C(=O)C2C3CC(C2C1=O)C1C3Sc2[nH]c(=O)sc2[C@@H]1c1cccs1. The fraction of sp³-hybridized carbons (Fsp3) is 0.385. The molecule has 2 N–H and O–H groups in total. The third kappa shape index (κ3) is 3.17. The number of aromatic nitrogens is 1. The highest BCUT2D eigenvalue weighted by Crippen LogP contribution is 2.68. The normalized spacial score (nSPS) is 31.9. The van der Waals surface area contributed by atoms with Gasteiger partial charge in [0, 0.05) is 26.6 Å². The van der Waals surface area contributed by atoms with Gasteiger partial charge in [0.25, 0.3) is 0 Å². The number of hydrogen-bond acceptors (Lipinski definition) is 7. The van der Waals surface area contributed by atoms with Gasteiger partial charge < -0.3 is 10.3 Å². The zero-order valence-corrected chi connectivity index (χ0v) is 21.8. The summed E-state index contributed by atoms with van der Waals surface area (Å²) in [5.41, 5.74) is 1.61. The number of imide groups is 1. The molecule has 3 fully saturated rings. The number of nitrogens with zero attached hydrogens (tertiary/aromatic N) is 1. The molecule has 2 saturated carbocycles.